The minimum Gasteiger partial charge on any atom is -0.488 e. The normalized spacial score (nSPS) is 26.4. The molecule has 0 N–H and O–H groups in total. The van der Waals surface area contributed by atoms with Gasteiger partial charge in [0.1, 0.15) is 11.9 Å². The van der Waals surface area contributed by atoms with Crippen LogP contribution in [0.1, 0.15) is 38.8 Å². The van der Waals surface area contributed by atoms with E-state index in [0.717, 1.165) is 30.7 Å². The van der Waals surface area contributed by atoms with Crippen molar-refractivity contribution in [2.24, 2.45) is 5.41 Å². The zero-order chi connectivity index (χ0) is 12.5. The van der Waals surface area contributed by atoms with Gasteiger partial charge in [0.25, 0.3) is 0 Å². The van der Waals surface area contributed by atoms with Crippen LogP contribution < -0.4 is 4.74 Å². The largest absolute Gasteiger partial charge is 0.488 e. The summed E-state index contributed by atoms with van der Waals surface area (Å²) in [6, 6.07) is 3.90. The SMILES string of the molecule is CCC1(CC)C(Cl)CC1Oc1cccnc1C. The van der Waals surface area contributed by atoms with E-state index in [1.165, 1.54) is 0 Å². The molecule has 1 heterocycles. The molecular weight excluding hydrogens is 234 g/mol. The van der Waals surface area contributed by atoms with Gasteiger partial charge in [-0.3, -0.25) is 4.98 Å². The number of rotatable bonds is 4. The third-order valence-corrected chi connectivity index (χ3v) is 4.84. The quantitative estimate of drug-likeness (QED) is 0.758. The Labute approximate surface area is 108 Å². The molecule has 1 aromatic rings. The van der Waals surface area contributed by atoms with E-state index >= 15 is 0 Å². The summed E-state index contributed by atoms with van der Waals surface area (Å²) in [5.41, 5.74) is 1.09. The van der Waals surface area contributed by atoms with E-state index in [0.29, 0.717) is 0 Å². The van der Waals surface area contributed by atoms with E-state index in [1.54, 1.807) is 6.20 Å². The van der Waals surface area contributed by atoms with Gasteiger partial charge in [0.2, 0.25) is 0 Å². The molecule has 1 saturated carbocycles. The summed E-state index contributed by atoms with van der Waals surface area (Å²) in [6.45, 7) is 6.38. The van der Waals surface area contributed by atoms with Crippen molar-refractivity contribution in [1.29, 1.82) is 0 Å². The van der Waals surface area contributed by atoms with Gasteiger partial charge < -0.3 is 4.74 Å². The zero-order valence-corrected chi connectivity index (χ0v) is 11.5. The van der Waals surface area contributed by atoms with E-state index in [4.69, 9.17) is 16.3 Å². The van der Waals surface area contributed by atoms with E-state index in [2.05, 4.69) is 18.8 Å². The maximum absolute atomic E-state index is 6.38. The Hall–Kier alpha value is -0.760. The van der Waals surface area contributed by atoms with Crippen LogP contribution in [0.25, 0.3) is 0 Å². The Bertz CT molecular complexity index is 390. The van der Waals surface area contributed by atoms with Crippen molar-refractivity contribution >= 4 is 11.6 Å². The summed E-state index contributed by atoms with van der Waals surface area (Å²) >= 11 is 6.38. The van der Waals surface area contributed by atoms with Gasteiger partial charge in [0, 0.05) is 23.4 Å². The van der Waals surface area contributed by atoms with Crippen molar-refractivity contribution in [3.63, 3.8) is 0 Å². The molecular formula is C14H20ClNO. The van der Waals surface area contributed by atoms with Crippen LogP contribution in [0, 0.1) is 12.3 Å². The van der Waals surface area contributed by atoms with Crippen molar-refractivity contribution in [1.82, 2.24) is 4.98 Å². The standard InChI is InChI=1S/C14H20ClNO/c1-4-14(5-2)12(15)9-13(14)17-11-7-6-8-16-10(11)3/h6-8,12-13H,4-5,9H2,1-3H3. The van der Waals surface area contributed by atoms with Gasteiger partial charge in [-0.15, -0.1) is 11.6 Å². The number of ether oxygens (including phenoxy) is 1. The number of pyridine rings is 1. The molecule has 0 radical (unpaired) electrons. The molecule has 2 nitrogen and oxygen atoms in total. The van der Waals surface area contributed by atoms with Crippen molar-refractivity contribution in [2.45, 2.75) is 51.5 Å². The van der Waals surface area contributed by atoms with Crippen LogP contribution in [0.3, 0.4) is 0 Å². The van der Waals surface area contributed by atoms with Crippen molar-refractivity contribution in [2.75, 3.05) is 0 Å². The van der Waals surface area contributed by atoms with Gasteiger partial charge in [-0.25, -0.2) is 0 Å². The van der Waals surface area contributed by atoms with E-state index < -0.39 is 0 Å². The molecule has 0 aliphatic heterocycles. The van der Waals surface area contributed by atoms with E-state index in [9.17, 15) is 0 Å². The lowest BCUT2D eigenvalue weighted by molar-refractivity contribution is -0.0467. The number of hydrogen-bond acceptors (Lipinski definition) is 2. The van der Waals surface area contributed by atoms with Crippen molar-refractivity contribution in [3.8, 4) is 5.75 Å². The Morgan fingerprint density at radius 1 is 1.47 bits per heavy atom. The smallest absolute Gasteiger partial charge is 0.140 e. The van der Waals surface area contributed by atoms with Crippen molar-refractivity contribution in [3.05, 3.63) is 24.0 Å². The monoisotopic (exact) mass is 253 g/mol. The Morgan fingerprint density at radius 2 is 2.18 bits per heavy atom. The van der Waals surface area contributed by atoms with Gasteiger partial charge >= 0.3 is 0 Å². The second-order valence-corrected chi connectivity index (χ2v) is 5.36. The zero-order valence-electron chi connectivity index (χ0n) is 10.7. The third-order valence-electron chi connectivity index (χ3n) is 4.23. The molecule has 0 spiro atoms. The number of alkyl halides is 1. The Kier molecular flexibility index (Phi) is 3.62. The fourth-order valence-corrected chi connectivity index (χ4v) is 3.37. The predicted octanol–water partition coefficient (Wildman–Crippen LogP) is 3.95. The highest BCUT2D eigenvalue weighted by Crippen LogP contribution is 2.51. The van der Waals surface area contributed by atoms with Gasteiger partial charge in [0.05, 0.1) is 5.69 Å². The van der Waals surface area contributed by atoms with E-state index in [1.807, 2.05) is 19.1 Å². The molecule has 3 heteroatoms. The number of halogens is 1. The minimum atomic E-state index is 0.143. The van der Waals surface area contributed by atoms with Crippen LogP contribution in [0.15, 0.2) is 18.3 Å². The summed E-state index contributed by atoms with van der Waals surface area (Å²) in [5, 5.41) is 0.250. The number of aromatic nitrogens is 1. The molecule has 1 aromatic heterocycles. The number of aryl methyl sites for hydroxylation is 1. The number of nitrogens with zero attached hydrogens (tertiary/aromatic N) is 1. The topological polar surface area (TPSA) is 22.1 Å². The highest BCUT2D eigenvalue weighted by Gasteiger charge is 2.53. The second kappa shape index (κ2) is 4.85. The van der Waals surface area contributed by atoms with Crippen LogP contribution in [0.5, 0.6) is 5.75 Å². The summed E-state index contributed by atoms with van der Waals surface area (Å²) in [4.78, 5) is 4.25. The molecule has 1 fully saturated rings. The van der Waals surface area contributed by atoms with Gasteiger partial charge in [0.15, 0.2) is 0 Å². The highest BCUT2D eigenvalue weighted by atomic mass is 35.5. The summed E-state index contributed by atoms with van der Waals surface area (Å²) in [5.74, 6) is 0.896. The molecule has 94 valence electrons. The van der Waals surface area contributed by atoms with Gasteiger partial charge in [-0.1, -0.05) is 13.8 Å². The maximum Gasteiger partial charge on any atom is 0.140 e. The summed E-state index contributed by atoms with van der Waals surface area (Å²) in [6.07, 6.45) is 5.11. The Balaban J connectivity index is 2.13. The fourth-order valence-electron chi connectivity index (χ4n) is 2.76. The first-order chi connectivity index (χ1) is 8.14. The summed E-state index contributed by atoms with van der Waals surface area (Å²) < 4.78 is 6.10. The first kappa shape index (κ1) is 12.7. The molecule has 1 aliphatic rings. The molecule has 0 bridgehead atoms. The molecule has 2 rings (SSSR count). The van der Waals surface area contributed by atoms with Crippen LogP contribution >= 0.6 is 11.6 Å². The molecule has 2 unspecified atom stereocenters. The van der Waals surface area contributed by atoms with E-state index in [-0.39, 0.29) is 16.9 Å². The fraction of sp³-hybridized carbons (Fsp3) is 0.643. The molecule has 2 atom stereocenters. The predicted molar refractivity (Wildman–Crippen MR) is 70.7 cm³/mol. The van der Waals surface area contributed by atoms with Crippen LogP contribution in [0.4, 0.5) is 0 Å². The average molecular weight is 254 g/mol. The third kappa shape index (κ3) is 2.03. The highest BCUT2D eigenvalue weighted by molar-refractivity contribution is 6.21. The van der Waals surface area contributed by atoms with Crippen LogP contribution in [-0.2, 0) is 0 Å². The molecule has 0 amide bonds. The lowest BCUT2D eigenvalue weighted by Crippen LogP contribution is -2.56. The summed E-state index contributed by atoms with van der Waals surface area (Å²) in [7, 11) is 0. The molecule has 0 aromatic carbocycles. The van der Waals surface area contributed by atoms with Crippen LogP contribution in [0.2, 0.25) is 0 Å². The first-order valence-corrected chi connectivity index (χ1v) is 6.80. The second-order valence-electron chi connectivity index (χ2n) is 4.84. The van der Waals surface area contributed by atoms with Gasteiger partial charge in [-0.2, -0.15) is 0 Å². The minimum absolute atomic E-state index is 0.143. The maximum atomic E-state index is 6.38. The lowest BCUT2D eigenvalue weighted by Gasteiger charge is -2.52. The Morgan fingerprint density at radius 3 is 2.71 bits per heavy atom. The average Bonchev–Trinajstić information content (AvgIpc) is 2.33. The van der Waals surface area contributed by atoms with Crippen LogP contribution in [-0.4, -0.2) is 16.5 Å². The first-order valence-electron chi connectivity index (χ1n) is 6.36. The van der Waals surface area contributed by atoms with Gasteiger partial charge in [-0.05, 0) is 31.9 Å². The molecule has 1 aliphatic carbocycles. The molecule has 0 saturated heterocycles. The number of hydrogen-bond donors (Lipinski definition) is 0. The lowest BCUT2D eigenvalue weighted by atomic mass is 9.62. The van der Waals surface area contributed by atoms with Crippen molar-refractivity contribution < 1.29 is 4.74 Å². The molecule has 17 heavy (non-hydrogen) atoms.